The highest BCUT2D eigenvalue weighted by Gasteiger charge is 2.26. The standard InChI is InChI=1S/C16H25N5O2S/c17-10-14-18-13(12-24-14)16(23)21-8-6-19(7-9-21)11-15(22)20-4-2-1-3-5-20/h12H,1-11,17H2. The third kappa shape index (κ3) is 4.12. The SMILES string of the molecule is NCc1nc(C(=O)N2CCN(CC(=O)N3CCCCC3)CC2)cs1. The summed E-state index contributed by atoms with van der Waals surface area (Å²) >= 11 is 1.42. The monoisotopic (exact) mass is 351 g/mol. The third-order valence-corrected chi connectivity index (χ3v) is 5.54. The quantitative estimate of drug-likeness (QED) is 0.848. The number of nitrogens with two attached hydrogens (primary N) is 1. The van der Waals surface area contributed by atoms with Crippen molar-refractivity contribution >= 4 is 23.2 Å². The van der Waals surface area contributed by atoms with Gasteiger partial charge >= 0.3 is 0 Å². The molecule has 24 heavy (non-hydrogen) atoms. The number of piperazine rings is 1. The molecule has 2 N–H and O–H groups in total. The van der Waals surface area contributed by atoms with Gasteiger partial charge in [-0.3, -0.25) is 14.5 Å². The maximum atomic E-state index is 12.4. The molecule has 3 rings (SSSR count). The van der Waals surface area contributed by atoms with E-state index >= 15 is 0 Å². The first kappa shape index (κ1) is 17.3. The Labute approximate surface area is 146 Å². The van der Waals surface area contributed by atoms with E-state index < -0.39 is 0 Å². The third-order valence-electron chi connectivity index (χ3n) is 4.67. The summed E-state index contributed by atoms with van der Waals surface area (Å²) in [6, 6.07) is 0. The van der Waals surface area contributed by atoms with E-state index in [1.165, 1.54) is 17.8 Å². The average Bonchev–Trinajstić information content (AvgIpc) is 3.11. The van der Waals surface area contributed by atoms with E-state index in [1.807, 2.05) is 9.80 Å². The predicted molar refractivity (Wildman–Crippen MR) is 92.8 cm³/mol. The predicted octanol–water partition coefficient (Wildman–Crippen LogP) is 0.372. The summed E-state index contributed by atoms with van der Waals surface area (Å²) in [4.78, 5) is 35.0. The summed E-state index contributed by atoms with van der Waals surface area (Å²) in [5.74, 6) is 0.189. The van der Waals surface area contributed by atoms with Crippen LogP contribution in [0.1, 0.15) is 34.8 Å². The van der Waals surface area contributed by atoms with E-state index in [4.69, 9.17) is 5.73 Å². The molecule has 0 saturated carbocycles. The fraction of sp³-hybridized carbons (Fsp3) is 0.688. The Bertz CT molecular complexity index is 577. The summed E-state index contributed by atoms with van der Waals surface area (Å²) in [6.07, 6.45) is 3.46. The first-order chi connectivity index (χ1) is 11.7. The van der Waals surface area contributed by atoms with Crippen LogP contribution in [-0.4, -0.2) is 77.3 Å². The van der Waals surface area contributed by atoms with Gasteiger partial charge in [0.25, 0.3) is 5.91 Å². The number of amides is 2. The number of piperidine rings is 1. The van der Waals surface area contributed by atoms with Crippen LogP contribution in [0.25, 0.3) is 0 Å². The zero-order valence-electron chi connectivity index (χ0n) is 13.9. The minimum absolute atomic E-state index is 0.0343. The van der Waals surface area contributed by atoms with Crippen molar-refractivity contribution in [3.63, 3.8) is 0 Å². The van der Waals surface area contributed by atoms with E-state index in [0.717, 1.165) is 44.0 Å². The van der Waals surface area contributed by atoms with Gasteiger partial charge in [-0.15, -0.1) is 11.3 Å². The van der Waals surface area contributed by atoms with Crippen LogP contribution >= 0.6 is 11.3 Å². The van der Waals surface area contributed by atoms with Crippen molar-refractivity contribution < 1.29 is 9.59 Å². The van der Waals surface area contributed by atoms with Gasteiger partial charge < -0.3 is 15.5 Å². The number of aromatic nitrogens is 1. The van der Waals surface area contributed by atoms with Crippen LogP contribution in [0.3, 0.4) is 0 Å². The van der Waals surface area contributed by atoms with E-state index in [1.54, 1.807) is 5.38 Å². The van der Waals surface area contributed by atoms with Crippen molar-refractivity contribution in [1.82, 2.24) is 19.7 Å². The van der Waals surface area contributed by atoms with Crippen LogP contribution in [-0.2, 0) is 11.3 Å². The Morgan fingerprint density at radius 3 is 2.38 bits per heavy atom. The van der Waals surface area contributed by atoms with Gasteiger partial charge in [-0.1, -0.05) is 0 Å². The molecule has 2 fully saturated rings. The van der Waals surface area contributed by atoms with Crippen LogP contribution in [0, 0.1) is 0 Å². The zero-order valence-corrected chi connectivity index (χ0v) is 14.8. The van der Waals surface area contributed by atoms with Gasteiger partial charge in [0.2, 0.25) is 5.91 Å². The molecule has 7 nitrogen and oxygen atoms in total. The summed E-state index contributed by atoms with van der Waals surface area (Å²) in [5.41, 5.74) is 6.03. The van der Waals surface area contributed by atoms with Crippen molar-refractivity contribution in [2.45, 2.75) is 25.8 Å². The lowest BCUT2D eigenvalue weighted by Gasteiger charge is -2.35. The van der Waals surface area contributed by atoms with Crippen LogP contribution in [0.2, 0.25) is 0 Å². The van der Waals surface area contributed by atoms with Crippen molar-refractivity contribution in [3.05, 3.63) is 16.1 Å². The van der Waals surface area contributed by atoms with Crippen LogP contribution in [0.4, 0.5) is 0 Å². The fourth-order valence-electron chi connectivity index (χ4n) is 3.21. The fourth-order valence-corrected chi connectivity index (χ4v) is 3.86. The molecular weight excluding hydrogens is 326 g/mol. The molecule has 8 heteroatoms. The van der Waals surface area contributed by atoms with Crippen molar-refractivity contribution in [1.29, 1.82) is 0 Å². The summed E-state index contributed by atoms with van der Waals surface area (Å²) in [5, 5.41) is 2.56. The molecule has 1 aromatic heterocycles. The Balaban J connectivity index is 1.46. The molecule has 0 bridgehead atoms. The minimum Gasteiger partial charge on any atom is -0.342 e. The lowest BCUT2D eigenvalue weighted by atomic mass is 10.1. The molecule has 0 aliphatic carbocycles. The Morgan fingerprint density at radius 1 is 1.04 bits per heavy atom. The second kappa shape index (κ2) is 8.04. The van der Waals surface area contributed by atoms with Crippen molar-refractivity contribution in [2.75, 3.05) is 45.8 Å². The van der Waals surface area contributed by atoms with Crippen LogP contribution in [0.15, 0.2) is 5.38 Å². The molecule has 132 valence electrons. The highest BCUT2D eigenvalue weighted by atomic mass is 32.1. The van der Waals surface area contributed by atoms with Crippen LogP contribution < -0.4 is 5.73 Å². The topological polar surface area (TPSA) is 82.8 Å². The van der Waals surface area contributed by atoms with Gasteiger partial charge in [0.15, 0.2) is 0 Å². The number of hydrogen-bond acceptors (Lipinski definition) is 6. The Morgan fingerprint density at radius 2 is 1.75 bits per heavy atom. The van der Waals surface area contributed by atoms with Gasteiger partial charge in [0, 0.05) is 51.2 Å². The van der Waals surface area contributed by atoms with E-state index in [9.17, 15) is 9.59 Å². The number of rotatable bonds is 4. The van der Waals surface area contributed by atoms with E-state index in [-0.39, 0.29) is 11.8 Å². The van der Waals surface area contributed by atoms with Crippen LogP contribution in [0.5, 0.6) is 0 Å². The largest absolute Gasteiger partial charge is 0.342 e. The van der Waals surface area contributed by atoms with Gasteiger partial charge in [-0.2, -0.15) is 0 Å². The van der Waals surface area contributed by atoms with Gasteiger partial charge in [0.1, 0.15) is 10.7 Å². The highest BCUT2D eigenvalue weighted by molar-refractivity contribution is 7.09. The molecule has 0 spiro atoms. The van der Waals surface area contributed by atoms with Gasteiger partial charge in [0.05, 0.1) is 6.54 Å². The minimum atomic E-state index is -0.0343. The average molecular weight is 351 g/mol. The van der Waals surface area contributed by atoms with Crippen molar-refractivity contribution in [2.24, 2.45) is 5.73 Å². The maximum Gasteiger partial charge on any atom is 0.273 e. The van der Waals surface area contributed by atoms with Crippen molar-refractivity contribution in [3.8, 4) is 0 Å². The number of hydrogen-bond donors (Lipinski definition) is 1. The number of carbonyl (C=O) groups is 2. The summed E-state index contributed by atoms with van der Waals surface area (Å²) in [7, 11) is 0. The molecule has 0 atom stereocenters. The number of likely N-dealkylation sites (tertiary alicyclic amines) is 1. The van der Waals surface area contributed by atoms with E-state index in [0.29, 0.717) is 31.9 Å². The molecule has 0 unspecified atom stereocenters. The molecule has 2 aliphatic rings. The van der Waals surface area contributed by atoms with Gasteiger partial charge in [-0.25, -0.2) is 4.98 Å². The van der Waals surface area contributed by atoms with Gasteiger partial charge in [-0.05, 0) is 19.3 Å². The summed E-state index contributed by atoms with van der Waals surface area (Å²) < 4.78 is 0. The number of thiazole rings is 1. The Hall–Kier alpha value is -1.51. The zero-order chi connectivity index (χ0) is 16.9. The summed E-state index contributed by atoms with van der Waals surface area (Å²) in [6.45, 7) is 5.37. The molecule has 0 radical (unpaired) electrons. The lowest BCUT2D eigenvalue weighted by molar-refractivity contribution is -0.133. The first-order valence-corrected chi connectivity index (χ1v) is 9.49. The smallest absolute Gasteiger partial charge is 0.273 e. The van der Waals surface area contributed by atoms with E-state index in [2.05, 4.69) is 9.88 Å². The second-order valence-corrected chi connectivity index (χ2v) is 7.28. The second-order valence-electron chi connectivity index (χ2n) is 6.34. The number of carbonyl (C=O) groups excluding carboxylic acids is 2. The molecule has 3 heterocycles. The first-order valence-electron chi connectivity index (χ1n) is 8.61. The Kier molecular flexibility index (Phi) is 5.80. The number of nitrogens with zero attached hydrogens (tertiary/aromatic N) is 4. The molecule has 0 aromatic carbocycles. The molecular formula is C16H25N5O2S. The maximum absolute atomic E-state index is 12.4. The highest BCUT2D eigenvalue weighted by Crippen LogP contribution is 2.14. The lowest BCUT2D eigenvalue weighted by Crippen LogP contribution is -2.52. The molecule has 1 aromatic rings. The molecule has 2 saturated heterocycles. The molecule has 2 amide bonds. The normalized spacial score (nSPS) is 19.5. The molecule has 2 aliphatic heterocycles.